The molecule has 0 radical (unpaired) electrons. The van der Waals surface area contributed by atoms with Gasteiger partial charge in [-0.1, -0.05) is 6.07 Å². The molecule has 0 unspecified atom stereocenters. The lowest BCUT2D eigenvalue weighted by molar-refractivity contribution is -0.175. The van der Waals surface area contributed by atoms with E-state index in [0.717, 1.165) is 26.2 Å². The van der Waals surface area contributed by atoms with Crippen molar-refractivity contribution >= 4 is 6.47 Å². The number of rotatable bonds is 2. The molecule has 1 aliphatic heterocycles. The molecule has 1 saturated heterocycles. The molecule has 0 saturated carbocycles. The van der Waals surface area contributed by atoms with Crippen LogP contribution in [-0.2, 0) is 9.63 Å². The molecule has 1 fully saturated rings. The highest BCUT2D eigenvalue weighted by atomic mass is 16.7. The second-order valence-corrected chi connectivity index (χ2v) is 2.91. The average Bonchev–Trinajstić information content (AvgIpc) is 2.34. The fourth-order valence-corrected chi connectivity index (χ4v) is 1.12. The molecule has 0 aromatic carbocycles. The summed E-state index contributed by atoms with van der Waals surface area (Å²) in [4.78, 5) is 18.2. The number of hydrogen-bond acceptors (Lipinski definition) is 5. The van der Waals surface area contributed by atoms with Crippen LogP contribution in [0.25, 0.3) is 0 Å². The Labute approximate surface area is 89.0 Å². The average molecular weight is 209 g/mol. The highest BCUT2D eigenvalue weighted by Gasteiger charge is 2.08. The summed E-state index contributed by atoms with van der Waals surface area (Å²) in [6, 6.07) is 5.72. The first-order valence-corrected chi connectivity index (χ1v) is 4.84. The van der Waals surface area contributed by atoms with Gasteiger partial charge in [-0.3, -0.25) is 9.78 Å². The second kappa shape index (κ2) is 7.90. The number of hydrogen-bond donors (Lipinski definition) is 1. The van der Waals surface area contributed by atoms with Crippen LogP contribution in [0.4, 0.5) is 0 Å². The van der Waals surface area contributed by atoms with Crippen LogP contribution in [0.3, 0.4) is 0 Å². The number of aromatic nitrogens is 1. The lowest BCUT2D eigenvalue weighted by Gasteiger charge is -2.23. The van der Waals surface area contributed by atoms with E-state index in [-0.39, 0.29) is 0 Å². The molecule has 0 atom stereocenters. The third-order valence-electron chi connectivity index (χ3n) is 1.83. The van der Waals surface area contributed by atoms with Crippen molar-refractivity contribution in [3.05, 3.63) is 30.6 Å². The summed E-state index contributed by atoms with van der Waals surface area (Å²) in [5, 5.41) is 4.78. The van der Waals surface area contributed by atoms with Crippen molar-refractivity contribution in [2.45, 2.75) is 0 Å². The Hall–Kier alpha value is -1.46. The van der Waals surface area contributed by atoms with Gasteiger partial charge in [0.2, 0.25) is 0 Å². The van der Waals surface area contributed by atoms with Crippen molar-refractivity contribution in [2.75, 3.05) is 26.2 Å². The summed E-state index contributed by atoms with van der Waals surface area (Å²) in [5.41, 5.74) is 0. The fourth-order valence-electron chi connectivity index (χ4n) is 1.12. The van der Waals surface area contributed by atoms with Gasteiger partial charge in [-0.25, -0.2) is 0 Å². The van der Waals surface area contributed by atoms with Crippen molar-refractivity contribution in [3.63, 3.8) is 0 Å². The van der Waals surface area contributed by atoms with Crippen LogP contribution in [0.15, 0.2) is 30.6 Å². The summed E-state index contributed by atoms with van der Waals surface area (Å²) in [6.07, 6.45) is 3.50. The summed E-state index contributed by atoms with van der Waals surface area (Å²) in [6.45, 7) is 3.84. The van der Waals surface area contributed by atoms with Gasteiger partial charge in [0.15, 0.2) is 0 Å². The highest BCUT2D eigenvalue weighted by molar-refractivity contribution is 5.36. The SMILES string of the molecule is O=CON1CCNCC1.c1ccncc1. The van der Waals surface area contributed by atoms with E-state index in [1.54, 1.807) is 17.5 Å². The molecule has 2 heterocycles. The Bertz CT molecular complexity index is 223. The predicted molar refractivity (Wildman–Crippen MR) is 55.8 cm³/mol. The molecule has 0 amide bonds. The first kappa shape index (κ1) is 11.6. The zero-order chi connectivity index (χ0) is 10.8. The quantitative estimate of drug-likeness (QED) is 0.698. The van der Waals surface area contributed by atoms with Crippen molar-refractivity contribution in [1.29, 1.82) is 0 Å². The first-order chi connectivity index (χ1) is 7.43. The van der Waals surface area contributed by atoms with Crippen LogP contribution in [0.2, 0.25) is 0 Å². The predicted octanol–water partition coefficient (Wildman–Crippen LogP) is 0.0612. The molecule has 82 valence electrons. The van der Waals surface area contributed by atoms with Crippen LogP contribution >= 0.6 is 0 Å². The van der Waals surface area contributed by atoms with Gasteiger partial charge in [0, 0.05) is 38.6 Å². The number of carbonyl (C=O) groups excluding carboxylic acids is 1. The third-order valence-corrected chi connectivity index (χ3v) is 1.83. The number of nitrogens with zero attached hydrogens (tertiary/aromatic N) is 2. The van der Waals surface area contributed by atoms with Gasteiger partial charge >= 0.3 is 6.47 Å². The zero-order valence-corrected chi connectivity index (χ0v) is 8.50. The third kappa shape index (κ3) is 5.77. The maximum atomic E-state index is 9.79. The van der Waals surface area contributed by atoms with Crippen LogP contribution < -0.4 is 5.32 Å². The van der Waals surface area contributed by atoms with Gasteiger partial charge in [0.1, 0.15) is 0 Å². The molecule has 5 nitrogen and oxygen atoms in total. The van der Waals surface area contributed by atoms with Gasteiger partial charge in [-0.15, -0.1) is 5.06 Å². The first-order valence-electron chi connectivity index (χ1n) is 4.84. The number of hydroxylamine groups is 2. The van der Waals surface area contributed by atoms with Gasteiger partial charge in [-0.05, 0) is 12.1 Å². The van der Waals surface area contributed by atoms with Crippen molar-refractivity contribution < 1.29 is 9.63 Å². The molecule has 0 aliphatic carbocycles. The van der Waals surface area contributed by atoms with Gasteiger partial charge in [-0.2, -0.15) is 0 Å². The maximum Gasteiger partial charge on any atom is 0.312 e. The molecule has 1 aromatic heterocycles. The van der Waals surface area contributed by atoms with E-state index in [1.165, 1.54) is 0 Å². The summed E-state index contributed by atoms with van der Waals surface area (Å²) in [5.74, 6) is 0. The molecule has 5 heteroatoms. The monoisotopic (exact) mass is 209 g/mol. The Morgan fingerprint density at radius 1 is 1.20 bits per heavy atom. The van der Waals surface area contributed by atoms with E-state index in [9.17, 15) is 4.79 Å². The second-order valence-electron chi connectivity index (χ2n) is 2.91. The molecular formula is C10H15N3O2. The lowest BCUT2D eigenvalue weighted by Crippen LogP contribution is -2.43. The molecule has 1 aliphatic rings. The zero-order valence-electron chi connectivity index (χ0n) is 8.50. The Balaban J connectivity index is 0.000000162. The topological polar surface area (TPSA) is 54.5 Å². The molecule has 2 rings (SSSR count). The van der Waals surface area contributed by atoms with E-state index in [1.807, 2.05) is 18.2 Å². The molecule has 15 heavy (non-hydrogen) atoms. The number of pyridine rings is 1. The smallest absolute Gasteiger partial charge is 0.312 e. The van der Waals surface area contributed by atoms with Crippen LogP contribution in [0.1, 0.15) is 0 Å². The van der Waals surface area contributed by atoms with Gasteiger partial charge in [0.25, 0.3) is 0 Å². The standard InChI is InChI=1S/C5H10N2O2.C5H5N/c8-5-9-7-3-1-6-2-4-7;1-2-4-6-5-3-1/h5-6H,1-4H2;1-5H. The summed E-state index contributed by atoms with van der Waals surface area (Å²) in [7, 11) is 0. The molecule has 0 spiro atoms. The van der Waals surface area contributed by atoms with Gasteiger partial charge < -0.3 is 10.2 Å². The van der Waals surface area contributed by atoms with E-state index in [2.05, 4.69) is 15.1 Å². The Morgan fingerprint density at radius 2 is 1.87 bits per heavy atom. The number of nitrogens with one attached hydrogen (secondary N) is 1. The van der Waals surface area contributed by atoms with Crippen molar-refractivity contribution in [3.8, 4) is 0 Å². The fraction of sp³-hybridized carbons (Fsp3) is 0.400. The van der Waals surface area contributed by atoms with Crippen LogP contribution in [-0.4, -0.2) is 42.7 Å². The minimum Gasteiger partial charge on any atom is -0.371 e. The van der Waals surface area contributed by atoms with E-state index >= 15 is 0 Å². The minimum atomic E-state index is 0.464. The van der Waals surface area contributed by atoms with Crippen LogP contribution in [0, 0.1) is 0 Å². The molecule has 1 N–H and O–H groups in total. The highest BCUT2D eigenvalue weighted by Crippen LogP contribution is 1.89. The lowest BCUT2D eigenvalue weighted by atomic mass is 10.4. The normalized spacial score (nSPS) is 16.0. The Morgan fingerprint density at radius 3 is 2.27 bits per heavy atom. The minimum absolute atomic E-state index is 0.464. The molecule has 1 aromatic rings. The number of carbonyl (C=O) groups is 1. The van der Waals surface area contributed by atoms with Crippen LogP contribution in [0.5, 0.6) is 0 Å². The maximum absolute atomic E-state index is 9.79. The summed E-state index contributed by atoms with van der Waals surface area (Å²) < 4.78 is 0. The Kier molecular flexibility index (Phi) is 6.12. The largest absolute Gasteiger partial charge is 0.371 e. The van der Waals surface area contributed by atoms with E-state index in [0.29, 0.717) is 6.47 Å². The van der Waals surface area contributed by atoms with E-state index in [4.69, 9.17) is 0 Å². The van der Waals surface area contributed by atoms with Gasteiger partial charge in [0.05, 0.1) is 0 Å². The van der Waals surface area contributed by atoms with Crippen molar-refractivity contribution in [2.24, 2.45) is 0 Å². The van der Waals surface area contributed by atoms with E-state index < -0.39 is 0 Å². The summed E-state index contributed by atoms with van der Waals surface area (Å²) >= 11 is 0. The number of piperazine rings is 1. The molecule has 0 bridgehead atoms. The van der Waals surface area contributed by atoms with Crippen molar-refractivity contribution in [1.82, 2.24) is 15.4 Å². The molecular weight excluding hydrogens is 194 g/mol.